The van der Waals surface area contributed by atoms with E-state index in [4.69, 9.17) is 9.47 Å². The van der Waals surface area contributed by atoms with Gasteiger partial charge in [0.2, 0.25) is 0 Å². The van der Waals surface area contributed by atoms with Crippen molar-refractivity contribution in [2.45, 2.75) is 6.04 Å². The summed E-state index contributed by atoms with van der Waals surface area (Å²) < 4.78 is 10.5. The van der Waals surface area contributed by atoms with Crippen LogP contribution in [0.15, 0.2) is 78.9 Å². The van der Waals surface area contributed by atoms with E-state index < -0.39 is 0 Å². The normalized spacial score (nSPS) is 10.5. The van der Waals surface area contributed by atoms with E-state index in [2.05, 4.69) is 29.6 Å². The molecule has 0 aliphatic carbocycles. The maximum absolute atomic E-state index is 12.5. The average Bonchev–Trinajstić information content (AvgIpc) is 2.75. The standard InChI is InChI=1S/C23H24N2O3/c1-27-20-14-13-19(15-21(20)28-2)25-22(26)16-24-23(17-9-5-3-6-10-17)18-11-7-4-8-12-18/h3-15,23-24H,16H2,1-2H3,(H,25,26)/p+1. The highest BCUT2D eigenvalue weighted by atomic mass is 16.5. The van der Waals surface area contributed by atoms with Crippen LogP contribution in [0.1, 0.15) is 17.2 Å². The largest absolute Gasteiger partial charge is 0.493 e. The third kappa shape index (κ3) is 4.90. The minimum absolute atomic E-state index is 0.0542. The maximum Gasteiger partial charge on any atom is 0.279 e. The molecule has 0 spiro atoms. The predicted octanol–water partition coefficient (Wildman–Crippen LogP) is 3.00. The molecular formula is C23H25N2O3+. The summed E-state index contributed by atoms with van der Waals surface area (Å²) in [4.78, 5) is 12.5. The summed E-state index contributed by atoms with van der Waals surface area (Å²) >= 11 is 0. The van der Waals surface area contributed by atoms with Gasteiger partial charge in [-0.2, -0.15) is 0 Å². The zero-order valence-electron chi connectivity index (χ0n) is 16.1. The van der Waals surface area contributed by atoms with E-state index in [1.807, 2.05) is 41.7 Å². The van der Waals surface area contributed by atoms with Crippen molar-refractivity contribution in [1.82, 2.24) is 0 Å². The number of quaternary nitrogens is 1. The van der Waals surface area contributed by atoms with Crippen LogP contribution < -0.4 is 20.1 Å². The average molecular weight is 377 g/mol. The first-order chi connectivity index (χ1) is 13.7. The molecule has 5 nitrogen and oxygen atoms in total. The summed E-state index contributed by atoms with van der Waals surface area (Å²) in [6.07, 6.45) is 0. The highest BCUT2D eigenvalue weighted by Gasteiger charge is 2.18. The second-order valence-corrected chi connectivity index (χ2v) is 6.36. The Kier molecular flexibility index (Phi) is 6.65. The molecule has 3 rings (SSSR count). The maximum atomic E-state index is 12.5. The fraction of sp³-hybridized carbons (Fsp3) is 0.174. The second kappa shape index (κ2) is 9.58. The van der Waals surface area contributed by atoms with E-state index in [0.29, 0.717) is 23.7 Å². The Balaban J connectivity index is 1.69. The van der Waals surface area contributed by atoms with Crippen molar-refractivity contribution in [2.75, 3.05) is 26.1 Å². The first-order valence-corrected chi connectivity index (χ1v) is 9.16. The van der Waals surface area contributed by atoms with Gasteiger partial charge in [-0.05, 0) is 12.1 Å². The summed E-state index contributed by atoms with van der Waals surface area (Å²) in [7, 11) is 3.15. The zero-order valence-corrected chi connectivity index (χ0v) is 16.1. The molecule has 1 amide bonds. The topological polar surface area (TPSA) is 64.2 Å². The molecule has 0 radical (unpaired) electrons. The molecule has 28 heavy (non-hydrogen) atoms. The molecule has 0 aliphatic heterocycles. The summed E-state index contributed by atoms with van der Waals surface area (Å²) in [5, 5.41) is 4.96. The van der Waals surface area contributed by atoms with Gasteiger partial charge >= 0.3 is 0 Å². The number of hydrogen-bond donors (Lipinski definition) is 2. The van der Waals surface area contributed by atoms with Gasteiger partial charge in [-0.3, -0.25) is 4.79 Å². The van der Waals surface area contributed by atoms with Gasteiger partial charge in [0.25, 0.3) is 5.91 Å². The van der Waals surface area contributed by atoms with Gasteiger partial charge in [0.05, 0.1) is 14.2 Å². The summed E-state index contributed by atoms with van der Waals surface area (Å²) in [5.74, 6) is 1.13. The van der Waals surface area contributed by atoms with Crippen molar-refractivity contribution in [3.63, 3.8) is 0 Å². The van der Waals surface area contributed by atoms with Crippen LogP contribution in [0, 0.1) is 0 Å². The van der Waals surface area contributed by atoms with Crippen LogP contribution in [-0.4, -0.2) is 26.7 Å². The third-order valence-electron chi connectivity index (χ3n) is 4.52. The van der Waals surface area contributed by atoms with Crippen molar-refractivity contribution in [1.29, 1.82) is 0 Å². The van der Waals surface area contributed by atoms with E-state index in [0.717, 1.165) is 11.1 Å². The number of carbonyl (C=O) groups excluding carboxylic acids is 1. The van der Waals surface area contributed by atoms with Crippen molar-refractivity contribution >= 4 is 11.6 Å². The van der Waals surface area contributed by atoms with Crippen molar-refractivity contribution in [2.24, 2.45) is 0 Å². The second-order valence-electron chi connectivity index (χ2n) is 6.36. The molecule has 3 aromatic carbocycles. The minimum atomic E-state index is -0.0796. The Morgan fingerprint density at radius 2 is 1.43 bits per heavy atom. The lowest BCUT2D eigenvalue weighted by Gasteiger charge is -2.16. The van der Waals surface area contributed by atoms with Crippen LogP contribution in [0.2, 0.25) is 0 Å². The van der Waals surface area contributed by atoms with Crippen LogP contribution in [-0.2, 0) is 4.79 Å². The number of nitrogens with two attached hydrogens (primary N) is 1. The fourth-order valence-electron chi connectivity index (χ4n) is 3.14. The van der Waals surface area contributed by atoms with Gasteiger partial charge in [0.15, 0.2) is 18.0 Å². The molecule has 5 heteroatoms. The van der Waals surface area contributed by atoms with E-state index in [-0.39, 0.29) is 11.9 Å². The smallest absolute Gasteiger partial charge is 0.279 e. The summed E-state index contributed by atoms with van der Waals surface area (Å²) in [6.45, 7) is 0.294. The molecule has 0 aliphatic rings. The van der Waals surface area contributed by atoms with E-state index in [1.165, 1.54) is 0 Å². The highest BCUT2D eigenvalue weighted by Crippen LogP contribution is 2.29. The van der Waals surface area contributed by atoms with Crippen LogP contribution in [0.25, 0.3) is 0 Å². The van der Waals surface area contributed by atoms with Gasteiger partial charge < -0.3 is 20.1 Å². The molecule has 0 aromatic heterocycles. The number of ether oxygens (including phenoxy) is 2. The monoisotopic (exact) mass is 377 g/mol. The number of anilines is 1. The van der Waals surface area contributed by atoms with Crippen molar-refractivity contribution in [3.8, 4) is 11.5 Å². The lowest BCUT2D eigenvalue weighted by Crippen LogP contribution is -2.87. The summed E-state index contributed by atoms with van der Waals surface area (Å²) in [5.41, 5.74) is 2.99. The van der Waals surface area contributed by atoms with E-state index in [9.17, 15) is 4.79 Å². The molecule has 0 saturated carbocycles. The summed E-state index contributed by atoms with van der Waals surface area (Å²) in [6, 6.07) is 25.8. The Hall–Kier alpha value is -3.31. The number of methoxy groups -OCH3 is 2. The zero-order chi connectivity index (χ0) is 19.8. The molecule has 0 heterocycles. The molecule has 144 valence electrons. The molecule has 0 saturated heterocycles. The van der Waals surface area contributed by atoms with E-state index >= 15 is 0 Å². The van der Waals surface area contributed by atoms with Gasteiger partial charge in [-0.25, -0.2) is 0 Å². The molecule has 3 N–H and O–H groups in total. The number of rotatable bonds is 8. The number of amides is 1. The molecule has 0 atom stereocenters. The molecular weight excluding hydrogens is 352 g/mol. The molecule has 0 bridgehead atoms. The van der Waals surface area contributed by atoms with Gasteiger partial charge in [0.1, 0.15) is 6.04 Å². The highest BCUT2D eigenvalue weighted by molar-refractivity contribution is 5.91. The quantitative estimate of drug-likeness (QED) is 0.634. The minimum Gasteiger partial charge on any atom is -0.493 e. The Morgan fingerprint density at radius 3 is 1.96 bits per heavy atom. The predicted molar refractivity (Wildman–Crippen MR) is 110 cm³/mol. The Bertz CT molecular complexity index is 859. The lowest BCUT2D eigenvalue weighted by molar-refractivity contribution is -0.676. The van der Waals surface area contributed by atoms with Crippen molar-refractivity contribution < 1.29 is 19.6 Å². The van der Waals surface area contributed by atoms with Crippen molar-refractivity contribution in [3.05, 3.63) is 90.0 Å². The number of nitrogens with one attached hydrogen (secondary N) is 1. The molecule has 3 aromatic rings. The molecule has 0 fully saturated rings. The first kappa shape index (κ1) is 19.5. The lowest BCUT2D eigenvalue weighted by atomic mass is 9.99. The SMILES string of the molecule is COc1ccc(NC(=O)C[NH2+]C(c2ccccc2)c2ccccc2)cc1OC. The van der Waals surface area contributed by atoms with Crippen LogP contribution in [0.3, 0.4) is 0 Å². The number of carbonyl (C=O) groups is 1. The first-order valence-electron chi connectivity index (χ1n) is 9.16. The molecule has 0 unspecified atom stereocenters. The van der Waals surface area contributed by atoms with E-state index in [1.54, 1.807) is 32.4 Å². The Morgan fingerprint density at radius 1 is 0.857 bits per heavy atom. The van der Waals surface area contributed by atoms with Gasteiger partial charge in [-0.15, -0.1) is 0 Å². The fourth-order valence-corrected chi connectivity index (χ4v) is 3.14. The van der Waals surface area contributed by atoms with Gasteiger partial charge in [0, 0.05) is 22.9 Å². The number of benzene rings is 3. The number of hydrogen-bond acceptors (Lipinski definition) is 3. The third-order valence-corrected chi connectivity index (χ3v) is 4.52. The Labute approximate surface area is 165 Å². The van der Waals surface area contributed by atoms with Crippen LogP contribution >= 0.6 is 0 Å². The van der Waals surface area contributed by atoms with Gasteiger partial charge in [-0.1, -0.05) is 60.7 Å². The van der Waals surface area contributed by atoms with Crippen LogP contribution in [0.5, 0.6) is 11.5 Å². The van der Waals surface area contributed by atoms with Crippen LogP contribution in [0.4, 0.5) is 5.69 Å².